The molecule has 0 radical (unpaired) electrons. The van der Waals surface area contributed by atoms with Crippen LogP contribution in [0.2, 0.25) is 0 Å². The summed E-state index contributed by atoms with van der Waals surface area (Å²) < 4.78 is 0. The summed E-state index contributed by atoms with van der Waals surface area (Å²) in [5.74, 6) is 2.67. The number of hydrogen-bond acceptors (Lipinski definition) is 0. The van der Waals surface area contributed by atoms with Crippen LogP contribution in [0.1, 0.15) is 31.2 Å². The van der Waals surface area contributed by atoms with Gasteiger partial charge in [0.15, 0.2) is 0 Å². The van der Waals surface area contributed by atoms with Crippen molar-refractivity contribution in [3.8, 4) is 0 Å². The van der Waals surface area contributed by atoms with Crippen LogP contribution in [0.5, 0.6) is 0 Å². The van der Waals surface area contributed by atoms with Crippen LogP contribution >= 0.6 is 0 Å². The Labute approximate surface area is 124 Å². The van der Waals surface area contributed by atoms with Crippen LogP contribution in [0, 0.1) is 17.8 Å². The first-order valence-electron chi connectivity index (χ1n) is 7.90. The van der Waals surface area contributed by atoms with Gasteiger partial charge in [-0.3, -0.25) is 0 Å². The van der Waals surface area contributed by atoms with Gasteiger partial charge >= 0.3 is 0 Å². The van der Waals surface area contributed by atoms with Gasteiger partial charge < -0.3 is 0 Å². The molecule has 2 bridgehead atoms. The number of allylic oxidation sites excluding steroid dienone is 1. The van der Waals surface area contributed by atoms with Gasteiger partial charge in [-0.2, -0.15) is 0 Å². The van der Waals surface area contributed by atoms with Crippen LogP contribution in [0.25, 0.3) is 16.3 Å². The molecule has 20 heavy (non-hydrogen) atoms. The summed E-state index contributed by atoms with van der Waals surface area (Å²) in [5, 5.41) is 4.21. The summed E-state index contributed by atoms with van der Waals surface area (Å²) >= 11 is 0. The molecule has 0 N–H and O–H groups in total. The minimum atomic E-state index is 0.754. The smallest absolute Gasteiger partial charge is 0.0385 e. The van der Waals surface area contributed by atoms with Gasteiger partial charge in [0.2, 0.25) is 0 Å². The highest BCUT2D eigenvalue weighted by molar-refractivity contribution is 6.33. The Morgan fingerprint density at radius 2 is 1.80 bits per heavy atom. The molecule has 2 fully saturated rings. The molecular formula is C19H22Si. The van der Waals surface area contributed by atoms with Gasteiger partial charge in [-0.25, -0.2) is 0 Å². The molecule has 102 valence electrons. The fraction of sp³-hybridized carbons (Fsp3) is 0.368. The molecule has 0 spiro atoms. The monoisotopic (exact) mass is 278 g/mol. The van der Waals surface area contributed by atoms with Crippen molar-refractivity contribution in [2.24, 2.45) is 17.8 Å². The van der Waals surface area contributed by atoms with E-state index in [2.05, 4.69) is 43.0 Å². The fourth-order valence-electron chi connectivity index (χ4n) is 4.45. The number of benzene rings is 2. The average Bonchev–Trinajstić information content (AvgIpc) is 3.08. The van der Waals surface area contributed by atoms with E-state index in [-0.39, 0.29) is 0 Å². The largest absolute Gasteiger partial charge is 0.0949 e. The highest BCUT2D eigenvalue weighted by atomic mass is 28.1. The van der Waals surface area contributed by atoms with Crippen LogP contribution in [0.15, 0.2) is 43.0 Å². The summed E-state index contributed by atoms with van der Waals surface area (Å²) in [7, 11) is 1.13. The third kappa shape index (κ3) is 1.96. The van der Waals surface area contributed by atoms with Gasteiger partial charge in [0.1, 0.15) is 0 Å². The number of rotatable bonds is 2. The lowest BCUT2D eigenvalue weighted by atomic mass is 9.81. The summed E-state index contributed by atoms with van der Waals surface area (Å²) in [6.45, 7) is 4.46. The fourth-order valence-corrected chi connectivity index (χ4v) is 4.93. The minimum Gasteiger partial charge on any atom is -0.0949 e. The van der Waals surface area contributed by atoms with E-state index in [1.807, 2.05) is 0 Å². The van der Waals surface area contributed by atoms with E-state index in [0.717, 1.165) is 28.0 Å². The molecule has 2 aromatic rings. The molecule has 3 unspecified atom stereocenters. The van der Waals surface area contributed by atoms with Gasteiger partial charge in [0.25, 0.3) is 0 Å². The second-order valence-corrected chi connectivity index (χ2v) is 8.03. The lowest BCUT2D eigenvalue weighted by molar-refractivity contribution is 0.405. The molecule has 3 atom stereocenters. The summed E-state index contributed by atoms with van der Waals surface area (Å²) in [5.41, 5.74) is 2.77. The lowest BCUT2D eigenvalue weighted by Crippen LogP contribution is -2.11. The highest BCUT2D eigenvalue weighted by Gasteiger charge is 2.40. The molecule has 2 aliphatic rings. The molecule has 0 amide bonds. The maximum atomic E-state index is 4.46. The van der Waals surface area contributed by atoms with Crippen LogP contribution in [-0.2, 0) is 0 Å². The van der Waals surface area contributed by atoms with E-state index in [0.29, 0.717) is 0 Å². The first-order chi connectivity index (χ1) is 9.70. The Kier molecular flexibility index (Phi) is 2.85. The number of hydrogen-bond donors (Lipinski definition) is 0. The Morgan fingerprint density at radius 3 is 2.55 bits per heavy atom. The number of fused-ring (bicyclic) bond motifs is 3. The zero-order chi connectivity index (χ0) is 13.7. The van der Waals surface area contributed by atoms with Crippen LogP contribution in [0.3, 0.4) is 0 Å². The van der Waals surface area contributed by atoms with E-state index in [4.69, 9.17) is 0 Å². The summed E-state index contributed by atoms with van der Waals surface area (Å²) in [4.78, 5) is 0. The van der Waals surface area contributed by atoms with E-state index >= 15 is 0 Å². The Balaban J connectivity index is 1.68. The maximum absolute atomic E-state index is 4.46. The SMILES string of the molecule is C=C(c1ccc2cc([SiH3])ccc2c1)C1CC2CCC1C2. The molecule has 0 aliphatic heterocycles. The standard InChI is InChI=1S/C19H22Si/c1-12(19-9-13-2-3-17(19)8-13)14-4-5-16-11-18(20)7-6-15(16)10-14/h4-7,10-11,13,17,19H,1-3,8-9H2,20H3. The zero-order valence-corrected chi connectivity index (χ0v) is 14.2. The van der Waals surface area contributed by atoms with E-state index in [1.165, 1.54) is 52.8 Å². The van der Waals surface area contributed by atoms with Crippen LogP contribution < -0.4 is 5.19 Å². The van der Waals surface area contributed by atoms with Crippen molar-refractivity contribution < 1.29 is 0 Å². The van der Waals surface area contributed by atoms with Crippen LogP contribution in [0.4, 0.5) is 0 Å². The Morgan fingerprint density at radius 1 is 1.00 bits per heavy atom. The zero-order valence-electron chi connectivity index (χ0n) is 12.2. The molecule has 2 aromatic carbocycles. The third-order valence-corrected chi connectivity index (χ3v) is 6.17. The minimum absolute atomic E-state index is 0.754. The quantitative estimate of drug-likeness (QED) is 0.740. The topological polar surface area (TPSA) is 0 Å². The molecule has 0 saturated heterocycles. The molecular weight excluding hydrogens is 256 g/mol. The predicted octanol–water partition coefficient (Wildman–Crippen LogP) is 3.28. The van der Waals surface area contributed by atoms with E-state index in [9.17, 15) is 0 Å². The van der Waals surface area contributed by atoms with Crippen LogP contribution in [-0.4, -0.2) is 10.2 Å². The van der Waals surface area contributed by atoms with E-state index in [1.54, 1.807) is 0 Å². The second kappa shape index (κ2) is 4.59. The first kappa shape index (κ1) is 12.4. The van der Waals surface area contributed by atoms with Crippen molar-refractivity contribution in [2.45, 2.75) is 25.7 Å². The Bertz CT molecular complexity index is 685. The van der Waals surface area contributed by atoms with Crippen molar-refractivity contribution in [3.05, 3.63) is 48.5 Å². The van der Waals surface area contributed by atoms with Gasteiger partial charge in [-0.15, -0.1) is 0 Å². The predicted molar refractivity (Wildman–Crippen MR) is 91.5 cm³/mol. The normalized spacial score (nSPS) is 28.3. The molecule has 0 heterocycles. The molecule has 0 nitrogen and oxygen atoms in total. The summed E-state index contributed by atoms with van der Waals surface area (Å²) in [6.07, 6.45) is 5.75. The lowest BCUT2D eigenvalue weighted by Gasteiger charge is -2.24. The maximum Gasteiger partial charge on any atom is 0.0385 e. The second-order valence-electron chi connectivity index (χ2n) is 6.87. The van der Waals surface area contributed by atoms with Crippen molar-refractivity contribution in [3.63, 3.8) is 0 Å². The van der Waals surface area contributed by atoms with Crippen molar-refractivity contribution >= 4 is 31.8 Å². The van der Waals surface area contributed by atoms with Gasteiger partial charge in [0, 0.05) is 10.2 Å². The van der Waals surface area contributed by atoms with Gasteiger partial charge in [0.05, 0.1) is 0 Å². The third-order valence-electron chi connectivity index (χ3n) is 5.55. The van der Waals surface area contributed by atoms with E-state index < -0.39 is 0 Å². The summed E-state index contributed by atoms with van der Waals surface area (Å²) in [6, 6.07) is 13.8. The first-order valence-corrected chi connectivity index (χ1v) is 8.90. The molecule has 4 rings (SSSR count). The van der Waals surface area contributed by atoms with Gasteiger partial charge in [-0.05, 0) is 65.0 Å². The molecule has 2 aliphatic carbocycles. The average molecular weight is 278 g/mol. The molecule has 2 saturated carbocycles. The van der Waals surface area contributed by atoms with Crippen molar-refractivity contribution in [2.75, 3.05) is 0 Å². The van der Waals surface area contributed by atoms with Gasteiger partial charge in [-0.1, -0.05) is 48.5 Å². The molecule has 0 aromatic heterocycles. The Hall–Kier alpha value is -1.34. The van der Waals surface area contributed by atoms with Crippen molar-refractivity contribution in [1.82, 2.24) is 0 Å². The van der Waals surface area contributed by atoms with Crippen molar-refractivity contribution in [1.29, 1.82) is 0 Å². The molecule has 1 heteroatoms. The highest BCUT2D eigenvalue weighted by Crippen LogP contribution is 2.52.